The molecule has 0 aliphatic rings. The topological polar surface area (TPSA) is 86.5 Å². The lowest BCUT2D eigenvalue weighted by molar-refractivity contribution is 0.103. The summed E-state index contributed by atoms with van der Waals surface area (Å²) in [6.45, 7) is 2.78. The van der Waals surface area contributed by atoms with Crippen LogP contribution in [-0.4, -0.2) is 31.2 Å². The Bertz CT molecular complexity index is 610. The fourth-order valence-corrected chi connectivity index (χ4v) is 2.42. The number of nitrogen functional groups attached to an aromatic ring is 1. The van der Waals surface area contributed by atoms with Crippen molar-refractivity contribution in [3.05, 3.63) is 34.8 Å². The molecule has 0 saturated heterocycles. The molecule has 1 aromatic heterocycles. The molecule has 112 valence electrons. The number of methoxy groups -OCH3 is 1. The van der Waals surface area contributed by atoms with E-state index in [1.165, 1.54) is 11.3 Å². The standard InChI is InChI=1S/C14H17N3O3S/c1-9-12(21-14(15)16-9)13(18)17-10-3-5-11(6-4-10)20-8-7-19-2/h3-6H,7-8H2,1-2H3,(H2,15,16)(H,17,18). The second-order valence-corrected chi connectivity index (χ2v) is 5.32. The Kier molecular flexibility index (Phi) is 5.13. The highest BCUT2D eigenvalue weighted by Crippen LogP contribution is 2.22. The second kappa shape index (κ2) is 7.05. The predicted molar refractivity (Wildman–Crippen MR) is 83.0 cm³/mol. The number of hydrogen-bond donors (Lipinski definition) is 2. The smallest absolute Gasteiger partial charge is 0.267 e. The van der Waals surface area contributed by atoms with Crippen LogP contribution in [0.5, 0.6) is 5.75 Å². The van der Waals surface area contributed by atoms with Crippen LogP contribution in [0.25, 0.3) is 0 Å². The van der Waals surface area contributed by atoms with E-state index in [9.17, 15) is 4.79 Å². The van der Waals surface area contributed by atoms with Crippen molar-refractivity contribution in [3.8, 4) is 5.75 Å². The summed E-state index contributed by atoms with van der Waals surface area (Å²) in [6, 6.07) is 7.14. The molecule has 0 aliphatic carbocycles. The number of nitrogens with zero attached hydrogens (tertiary/aromatic N) is 1. The molecule has 7 heteroatoms. The number of hydrogen-bond acceptors (Lipinski definition) is 6. The quantitative estimate of drug-likeness (QED) is 0.800. The Morgan fingerprint density at radius 1 is 1.33 bits per heavy atom. The number of benzene rings is 1. The van der Waals surface area contributed by atoms with E-state index in [4.69, 9.17) is 15.2 Å². The molecule has 0 bridgehead atoms. The van der Waals surface area contributed by atoms with Crippen LogP contribution in [0.15, 0.2) is 24.3 Å². The maximum atomic E-state index is 12.1. The highest BCUT2D eigenvalue weighted by atomic mass is 32.1. The van der Waals surface area contributed by atoms with Gasteiger partial charge in [0.25, 0.3) is 5.91 Å². The molecule has 2 rings (SSSR count). The van der Waals surface area contributed by atoms with Crippen LogP contribution >= 0.6 is 11.3 Å². The van der Waals surface area contributed by atoms with Gasteiger partial charge >= 0.3 is 0 Å². The molecular formula is C14H17N3O3S. The van der Waals surface area contributed by atoms with E-state index in [1.54, 1.807) is 38.3 Å². The number of carbonyl (C=O) groups is 1. The summed E-state index contributed by atoms with van der Waals surface area (Å²) in [5, 5.41) is 3.19. The van der Waals surface area contributed by atoms with Gasteiger partial charge in [0.05, 0.1) is 12.3 Å². The first-order valence-electron chi connectivity index (χ1n) is 6.36. The minimum absolute atomic E-state index is 0.213. The van der Waals surface area contributed by atoms with E-state index in [0.717, 1.165) is 5.75 Å². The molecular weight excluding hydrogens is 290 g/mol. The van der Waals surface area contributed by atoms with Gasteiger partial charge in [-0.3, -0.25) is 4.79 Å². The van der Waals surface area contributed by atoms with Crippen molar-refractivity contribution in [1.29, 1.82) is 0 Å². The van der Waals surface area contributed by atoms with E-state index in [2.05, 4.69) is 10.3 Å². The molecule has 0 unspecified atom stereocenters. The van der Waals surface area contributed by atoms with Gasteiger partial charge in [-0.25, -0.2) is 4.98 Å². The Morgan fingerprint density at radius 3 is 2.62 bits per heavy atom. The number of nitrogens with two attached hydrogens (primary N) is 1. The third-order valence-electron chi connectivity index (χ3n) is 2.69. The van der Waals surface area contributed by atoms with E-state index in [0.29, 0.717) is 34.6 Å². The first-order chi connectivity index (χ1) is 10.1. The van der Waals surface area contributed by atoms with E-state index >= 15 is 0 Å². The number of rotatable bonds is 6. The number of aromatic nitrogens is 1. The van der Waals surface area contributed by atoms with Crippen LogP contribution in [-0.2, 0) is 4.74 Å². The zero-order valence-corrected chi connectivity index (χ0v) is 12.7. The molecule has 0 radical (unpaired) electrons. The van der Waals surface area contributed by atoms with E-state index in [-0.39, 0.29) is 5.91 Å². The van der Waals surface area contributed by atoms with Crippen LogP contribution in [0.1, 0.15) is 15.4 Å². The van der Waals surface area contributed by atoms with Gasteiger partial charge in [0.2, 0.25) is 0 Å². The lowest BCUT2D eigenvalue weighted by Crippen LogP contribution is -2.11. The summed E-state index contributed by atoms with van der Waals surface area (Å²) in [4.78, 5) is 16.7. The minimum atomic E-state index is -0.213. The molecule has 2 aromatic rings. The first-order valence-corrected chi connectivity index (χ1v) is 7.18. The van der Waals surface area contributed by atoms with Crippen LogP contribution in [0.2, 0.25) is 0 Å². The third kappa shape index (κ3) is 4.17. The van der Waals surface area contributed by atoms with Crippen molar-refractivity contribution in [1.82, 2.24) is 4.98 Å². The van der Waals surface area contributed by atoms with Crippen molar-refractivity contribution < 1.29 is 14.3 Å². The minimum Gasteiger partial charge on any atom is -0.491 e. The van der Waals surface area contributed by atoms with E-state index < -0.39 is 0 Å². The molecule has 0 aliphatic heterocycles. The fourth-order valence-electron chi connectivity index (χ4n) is 1.69. The Hall–Kier alpha value is -2.12. The van der Waals surface area contributed by atoms with Crippen molar-refractivity contribution in [2.75, 3.05) is 31.4 Å². The lowest BCUT2D eigenvalue weighted by Gasteiger charge is -2.07. The summed E-state index contributed by atoms with van der Waals surface area (Å²) in [5.74, 6) is 0.512. The third-order valence-corrected chi connectivity index (χ3v) is 3.67. The maximum absolute atomic E-state index is 12.1. The number of nitrogens with one attached hydrogen (secondary N) is 1. The molecule has 0 atom stereocenters. The van der Waals surface area contributed by atoms with Gasteiger partial charge in [0.1, 0.15) is 17.2 Å². The Labute approximate surface area is 126 Å². The first kappa shape index (κ1) is 15.3. The average Bonchev–Trinajstić information content (AvgIpc) is 2.80. The number of aryl methyl sites for hydroxylation is 1. The lowest BCUT2D eigenvalue weighted by atomic mass is 10.3. The van der Waals surface area contributed by atoms with Gasteiger partial charge in [-0.1, -0.05) is 11.3 Å². The Balaban J connectivity index is 1.96. The molecule has 21 heavy (non-hydrogen) atoms. The number of anilines is 2. The normalized spacial score (nSPS) is 10.4. The molecule has 0 spiro atoms. The Morgan fingerprint density at radius 2 is 2.05 bits per heavy atom. The van der Waals surface area contributed by atoms with Gasteiger partial charge in [-0.15, -0.1) is 0 Å². The summed E-state index contributed by atoms with van der Waals surface area (Å²) >= 11 is 1.17. The van der Waals surface area contributed by atoms with Crippen molar-refractivity contribution >= 4 is 28.1 Å². The van der Waals surface area contributed by atoms with Gasteiger partial charge in [-0.05, 0) is 31.2 Å². The van der Waals surface area contributed by atoms with Gasteiger partial charge < -0.3 is 20.5 Å². The average molecular weight is 307 g/mol. The van der Waals surface area contributed by atoms with Crippen LogP contribution in [0.4, 0.5) is 10.8 Å². The predicted octanol–water partition coefficient (Wildman–Crippen LogP) is 2.31. The number of carbonyl (C=O) groups excluding carboxylic acids is 1. The van der Waals surface area contributed by atoms with Crippen LogP contribution in [0, 0.1) is 6.92 Å². The SMILES string of the molecule is COCCOc1ccc(NC(=O)c2sc(N)nc2C)cc1. The van der Waals surface area contributed by atoms with Crippen molar-refractivity contribution in [3.63, 3.8) is 0 Å². The fraction of sp³-hybridized carbons (Fsp3) is 0.286. The highest BCUT2D eigenvalue weighted by Gasteiger charge is 2.14. The molecule has 0 saturated carbocycles. The van der Waals surface area contributed by atoms with Crippen LogP contribution in [0.3, 0.4) is 0 Å². The highest BCUT2D eigenvalue weighted by molar-refractivity contribution is 7.17. The monoisotopic (exact) mass is 307 g/mol. The second-order valence-electron chi connectivity index (χ2n) is 4.29. The molecule has 1 aromatic carbocycles. The van der Waals surface area contributed by atoms with Crippen molar-refractivity contribution in [2.45, 2.75) is 6.92 Å². The number of ether oxygens (including phenoxy) is 2. The van der Waals surface area contributed by atoms with Crippen LogP contribution < -0.4 is 15.8 Å². The summed E-state index contributed by atoms with van der Waals surface area (Å²) in [7, 11) is 1.62. The summed E-state index contributed by atoms with van der Waals surface area (Å²) in [5.41, 5.74) is 6.91. The molecule has 1 heterocycles. The molecule has 1 amide bonds. The number of amides is 1. The summed E-state index contributed by atoms with van der Waals surface area (Å²) in [6.07, 6.45) is 0. The zero-order valence-electron chi connectivity index (χ0n) is 11.9. The molecule has 3 N–H and O–H groups in total. The maximum Gasteiger partial charge on any atom is 0.267 e. The number of thiazole rings is 1. The van der Waals surface area contributed by atoms with Gasteiger partial charge in [-0.2, -0.15) is 0 Å². The zero-order chi connectivity index (χ0) is 15.2. The largest absolute Gasteiger partial charge is 0.491 e. The molecule has 0 fully saturated rings. The molecule has 6 nitrogen and oxygen atoms in total. The van der Waals surface area contributed by atoms with Gasteiger partial charge in [0, 0.05) is 12.8 Å². The summed E-state index contributed by atoms with van der Waals surface area (Å²) < 4.78 is 10.4. The van der Waals surface area contributed by atoms with Gasteiger partial charge in [0.15, 0.2) is 5.13 Å². The van der Waals surface area contributed by atoms with Crippen molar-refractivity contribution in [2.24, 2.45) is 0 Å². The van der Waals surface area contributed by atoms with E-state index in [1.807, 2.05) is 0 Å².